The maximum Gasteiger partial charge on any atom is 0.355 e. The number of amides is 1. The van der Waals surface area contributed by atoms with Crippen molar-refractivity contribution < 1.29 is 9.18 Å². The molecule has 2 aliphatic rings. The Balaban J connectivity index is 1.65. The molecule has 4 aromatic rings. The van der Waals surface area contributed by atoms with Gasteiger partial charge in [0.05, 0.1) is 27.5 Å². The van der Waals surface area contributed by atoms with E-state index in [1.807, 2.05) is 31.7 Å². The minimum atomic E-state index is -0.507. The highest BCUT2D eigenvalue weighted by Gasteiger charge is 2.40. The number of carbonyl (C=O) groups excluding carboxylic acids is 1. The van der Waals surface area contributed by atoms with Gasteiger partial charge in [-0.2, -0.15) is 4.98 Å². The number of likely N-dealkylation sites (tertiary alicyclic amines) is 1. The Morgan fingerprint density at radius 2 is 1.86 bits per heavy atom. The fraction of sp³-hybridized carbons (Fsp3) is 0.344. The third-order valence-electron chi connectivity index (χ3n) is 8.31. The first-order chi connectivity index (χ1) is 20.2. The van der Waals surface area contributed by atoms with Gasteiger partial charge in [0.2, 0.25) is 5.91 Å². The minimum absolute atomic E-state index is 0.00898. The molecule has 1 aromatic carbocycles. The van der Waals surface area contributed by atoms with Crippen LogP contribution in [0.1, 0.15) is 50.3 Å². The summed E-state index contributed by atoms with van der Waals surface area (Å²) in [6, 6.07) is 9.81. The van der Waals surface area contributed by atoms with Crippen molar-refractivity contribution in [1.29, 1.82) is 0 Å². The summed E-state index contributed by atoms with van der Waals surface area (Å²) in [5.41, 5.74) is 2.47. The molecule has 2 fully saturated rings. The summed E-state index contributed by atoms with van der Waals surface area (Å²) in [5, 5.41) is 0.830. The highest BCUT2D eigenvalue weighted by atomic mass is 35.5. The fourth-order valence-corrected chi connectivity index (χ4v) is 6.65. The van der Waals surface area contributed by atoms with Crippen LogP contribution in [-0.4, -0.2) is 55.5 Å². The minimum Gasteiger partial charge on any atom is -0.346 e. The predicted octanol–water partition coefficient (Wildman–Crippen LogP) is 5.82. The number of carbonyl (C=O) groups is 1. The van der Waals surface area contributed by atoms with Gasteiger partial charge < -0.3 is 9.80 Å². The summed E-state index contributed by atoms with van der Waals surface area (Å²) < 4.78 is 16.5. The molecule has 1 amide bonds. The van der Waals surface area contributed by atoms with Crippen LogP contribution in [0.4, 0.5) is 10.2 Å². The molecule has 10 heteroatoms. The molecule has 3 aromatic heterocycles. The smallest absolute Gasteiger partial charge is 0.346 e. The fourth-order valence-electron chi connectivity index (χ4n) is 6.39. The van der Waals surface area contributed by atoms with Crippen LogP contribution in [0.25, 0.3) is 28.0 Å². The Labute approximate surface area is 248 Å². The number of rotatable bonds is 5. The number of hydrogen-bond donors (Lipinski definition) is 0. The molecule has 6 rings (SSSR count). The van der Waals surface area contributed by atoms with Gasteiger partial charge in [0, 0.05) is 36.9 Å². The number of aryl methyl sites for hydroxylation is 1. The van der Waals surface area contributed by atoms with E-state index in [4.69, 9.17) is 16.6 Å². The van der Waals surface area contributed by atoms with Crippen molar-refractivity contribution in [1.82, 2.24) is 24.4 Å². The number of aromatic nitrogens is 4. The predicted molar refractivity (Wildman–Crippen MR) is 163 cm³/mol. The average Bonchev–Trinajstić information content (AvgIpc) is 2.96. The van der Waals surface area contributed by atoms with Crippen LogP contribution in [-0.2, 0) is 4.79 Å². The second-order valence-electron chi connectivity index (χ2n) is 11.3. The first-order valence-electron chi connectivity index (χ1n) is 14.2. The van der Waals surface area contributed by atoms with Crippen molar-refractivity contribution in [3.8, 4) is 16.9 Å². The molecule has 2 saturated heterocycles. The van der Waals surface area contributed by atoms with Gasteiger partial charge in [0.25, 0.3) is 0 Å². The topological polar surface area (TPSA) is 84.2 Å². The first kappa shape index (κ1) is 28.0. The summed E-state index contributed by atoms with van der Waals surface area (Å²) >= 11 is 6.84. The van der Waals surface area contributed by atoms with Crippen molar-refractivity contribution in [2.24, 2.45) is 0 Å². The van der Waals surface area contributed by atoms with Crippen molar-refractivity contribution in [3.05, 3.63) is 87.8 Å². The first-order valence-corrected chi connectivity index (χ1v) is 14.6. The maximum atomic E-state index is 15.0. The summed E-state index contributed by atoms with van der Waals surface area (Å²) in [4.78, 5) is 44.9. The molecule has 0 saturated carbocycles. The quantitative estimate of drug-likeness (QED) is 0.274. The van der Waals surface area contributed by atoms with E-state index in [0.717, 1.165) is 30.5 Å². The van der Waals surface area contributed by atoms with Crippen molar-refractivity contribution in [2.45, 2.75) is 58.0 Å². The number of fused-ring (bicyclic) bond motifs is 3. The highest BCUT2D eigenvalue weighted by molar-refractivity contribution is 6.33. The number of benzene rings is 1. The summed E-state index contributed by atoms with van der Waals surface area (Å²) in [5.74, 6) is -0.0804. The maximum absolute atomic E-state index is 15.0. The molecule has 0 aliphatic carbocycles. The van der Waals surface area contributed by atoms with Gasteiger partial charge in [-0.1, -0.05) is 44.2 Å². The zero-order valence-electron chi connectivity index (χ0n) is 23.8. The molecule has 0 N–H and O–H groups in total. The second kappa shape index (κ2) is 10.9. The van der Waals surface area contributed by atoms with Crippen LogP contribution in [0.5, 0.6) is 0 Å². The Morgan fingerprint density at radius 1 is 1.14 bits per heavy atom. The molecule has 0 radical (unpaired) electrons. The highest BCUT2D eigenvalue weighted by Crippen LogP contribution is 2.39. The number of piperidine rings is 1. The molecular formula is C32H32ClFN6O2. The Kier molecular flexibility index (Phi) is 7.30. The van der Waals surface area contributed by atoms with Crippen LogP contribution in [0.2, 0.25) is 5.02 Å². The lowest BCUT2D eigenvalue weighted by atomic mass is 9.90. The van der Waals surface area contributed by atoms with E-state index < -0.39 is 11.5 Å². The lowest BCUT2D eigenvalue weighted by Crippen LogP contribution is -2.62. The van der Waals surface area contributed by atoms with Crippen LogP contribution in [0, 0.1) is 12.7 Å². The number of piperazine rings is 1. The third kappa shape index (κ3) is 4.65. The summed E-state index contributed by atoms with van der Waals surface area (Å²) in [6.45, 7) is 10.6. The molecule has 42 heavy (non-hydrogen) atoms. The number of halogens is 2. The van der Waals surface area contributed by atoms with Gasteiger partial charge in [-0.05, 0) is 68.0 Å². The zero-order valence-corrected chi connectivity index (χ0v) is 24.6. The Hall–Kier alpha value is -4.11. The molecular weight excluding hydrogens is 555 g/mol. The van der Waals surface area contributed by atoms with E-state index in [2.05, 4.69) is 21.4 Å². The van der Waals surface area contributed by atoms with Gasteiger partial charge in [0.15, 0.2) is 5.65 Å². The number of hydrogen-bond acceptors (Lipinski definition) is 6. The molecule has 2 bridgehead atoms. The molecule has 5 heterocycles. The number of anilines is 1. The molecule has 0 unspecified atom stereocenters. The standard InChI is InChI=1S/C32H32ClFN6O2/c1-5-26(41)38-16-20-9-8-10-21(17-38)39(20)31-23-15-24(33)28(22-11-6-7-12-25(22)34)36-30(23)40(32(42)37-31)29-19(4)13-14-35-27(29)18(2)3/h5-7,11-15,18,20-21H,1,8-10,16-17H2,2-4H3/t20-,21+. The largest absolute Gasteiger partial charge is 0.355 e. The van der Waals surface area contributed by atoms with Crippen LogP contribution >= 0.6 is 11.6 Å². The van der Waals surface area contributed by atoms with E-state index in [1.54, 1.807) is 30.5 Å². The number of pyridine rings is 2. The van der Waals surface area contributed by atoms with Crippen LogP contribution < -0.4 is 10.6 Å². The summed E-state index contributed by atoms with van der Waals surface area (Å²) in [6.07, 6.45) is 5.77. The van der Waals surface area contributed by atoms with E-state index in [9.17, 15) is 9.59 Å². The zero-order chi connectivity index (χ0) is 29.7. The molecule has 8 nitrogen and oxygen atoms in total. The average molecular weight is 587 g/mol. The lowest BCUT2D eigenvalue weighted by Gasteiger charge is -2.50. The normalized spacial score (nSPS) is 18.5. The van der Waals surface area contributed by atoms with E-state index in [0.29, 0.717) is 35.6 Å². The molecule has 2 atom stereocenters. The van der Waals surface area contributed by atoms with Crippen molar-refractivity contribution in [3.63, 3.8) is 0 Å². The lowest BCUT2D eigenvalue weighted by molar-refractivity contribution is -0.127. The van der Waals surface area contributed by atoms with E-state index in [-0.39, 0.29) is 40.2 Å². The van der Waals surface area contributed by atoms with E-state index >= 15 is 4.39 Å². The Morgan fingerprint density at radius 3 is 2.52 bits per heavy atom. The monoisotopic (exact) mass is 586 g/mol. The van der Waals surface area contributed by atoms with Crippen LogP contribution in [0.15, 0.2) is 60.0 Å². The Bertz CT molecular complexity index is 1770. The van der Waals surface area contributed by atoms with Gasteiger partial charge in [0.1, 0.15) is 11.6 Å². The van der Waals surface area contributed by atoms with Gasteiger partial charge in [-0.3, -0.25) is 9.78 Å². The van der Waals surface area contributed by atoms with Crippen LogP contribution in [0.3, 0.4) is 0 Å². The van der Waals surface area contributed by atoms with Crippen molar-refractivity contribution in [2.75, 3.05) is 18.0 Å². The van der Waals surface area contributed by atoms with E-state index in [1.165, 1.54) is 16.7 Å². The second-order valence-corrected chi connectivity index (χ2v) is 11.7. The van der Waals surface area contributed by atoms with Crippen molar-refractivity contribution >= 4 is 34.4 Å². The summed E-state index contributed by atoms with van der Waals surface area (Å²) in [7, 11) is 0. The molecule has 2 aliphatic heterocycles. The van der Waals surface area contributed by atoms with Gasteiger partial charge in [-0.25, -0.2) is 18.7 Å². The number of nitrogens with zero attached hydrogens (tertiary/aromatic N) is 6. The molecule has 0 spiro atoms. The molecule has 216 valence electrons. The third-order valence-corrected chi connectivity index (χ3v) is 8.60. The van der Waals surface area contributed by atoms with Gasteiger partial charge >= 0.3 is 5.69 Å². The van der Waals surface area contributed by atoms with Gasteiger partial charge in [-0.15, -0.1) is 0 Å². The SMILES string of the molecule is C=CC(=O)N1C[C@H]2CCC[C@@H](C1)N2c1nc(=O)n(-c2c(C)ccnc2C(C)C)c2nc(-c3ccccc3F)c(Cl)cc12.